The molecule has 6 nitrogen and oxygen atoms in total. The van der Waals surface area contributed by atoms with Crippen molar-refractivity contribution < 1.29 is 14.6 Å². The predicted octanol–water partition coefficient (Wildman–Crippen LogP) is 4.52. The summed E-state index contributed by atoms with van der Waals surface area (Å²) in [5.74, 6) is -0.0118. The van der Waals surface area contributed by atoms with E-state index in [4.69, 9.17) is 16.3 Å². The summed E-state index contributed by atoms with van der Waals surface area (Å²) in [5.41, 5.74) is 2.59. The zero-order valence-corrected chi connectivity index (χ0v) is 15.9. The molecule has 0 radical (unpaired) electrons. The second-order valence-electron chi connectivity index (χ2n) is 7.19. The number of aryl methyl sites for hydroxylation is 1. The third-order valence-corrected chi connectivity index (χ3v) is 5.84. The highest BCUT2D eigenvalue weighted by atomic mass is 35.5. The summed E-state index contributed by atoms with van der Waals surface area (Å²) in [5, 5.41) is 21.5. The molecule has 2 atom stereocenters. The molecule has 0 aliphatic carbocycles. The highest BCUT2D eigenvalue weighted by Gasteiger charge is 2.55. The van der Waals surface area contributed by atoms with Crippen molar-refractivity contribution >= 4 is 23.4 Å². The van der Waals surface area contributed by atoms with Gasteiger partial charge in [-0.05, 0) is 30.2 Å². The van der Waals surface area contributed by atoms with Gasteiger partial charge in [0, 0.05) is 22.6 Å². The number of carboxylic acid groups (broad SMARTS) is 1. The third-order valence-electron chi connectivity index (χ3n) is 5.60. The maximum atomic E-state index is 12.5. The van der Waals surface area contributed by atoms with Gasteiger partial charge >= 0.3 is 5.97 Å². The van der Waals surface area contributed by atoms with E-state index in [2.05, 4.69) is 22.4 Å². The van der Waals surface area contributed by atoms with Crippen LogP contribution in [0.4, 0.5) is 5.82 Å². The van der Waals surface area contributed by atoms with Gasteiger partial charge in [0.25, 0.3) is 0 Å². The normalized spacial score (nSPS) is 21.9. The fourth-order valence-electron chi connectivity index (χ4n) is 4.15. The number of aromatic nitrogens is 2. The van der Waals surface area contributed by atoms with Crippen molar-refractivity contribution in [2.45, 2.75) is 31.4 Å². The smallest absolute Gasteiger partial charge is 0.353 e. The van der Waals surface area contributed by atoms with E-state index >= 15 is 0 Å². The highest BCUT2D eigenvalue weighted by Crippen LogP contribution is 2.53. The maximum Gasteiger partial charge on any atom is 0.353 e. The van der Waals surface area contributed by atoms with Gasteiger partial charge in [-0.25, -0.2) is 4.79 Å². The van der Waals surface area contributed by atoms with E-state index in [-0.39, 0.29) is 12.5 Å². The molecule has 2 aliphatic heterocycles. The minimum atomic E-state index is -1.52. The van der Waals surface area contributed by atoms with Gasteiger partial charge < -0.3 is 15.2 Å². The van der Waals surface area contributed by atoms with Crippen molar-refractivity contribution in [3.63, 3.8) is 0 Å². The summed E-state index contributed by atoms with van der Waals surface area (Å²) in [6.07, 6.45) is 1.19. The van der Waals surface area contributed by atoms with Gasteiger partial charge in [-0.3, -0.25) is 5.10 Å². The Kier molecular flexibility index (Phi) is 3.67. The van der Waals surface area contributed by atoms with E-state index in [9.17, 15) is 9.90 Å². The lowest BCUT2D eigenvalue weighted by Crippen LogP contribution is -2.49. The predicted molar refractivity (Wildman–Crippen MR) is 106 cm³/mol. The van der Waals surface area contributed by atoms with Crippen LogP contribution in [0.1, 0.15) is 36.1 Å². The molecule has 0 saturated carbocycles. The molecule has 3 heterocycles. The molecule has 2 aromatic carbocycles. The molecule has 0 fully saturated rings. The molecule has 3 N–H and O–H groups in total. The van der Waals surface area contributed by atoms with Crippen molar-refractivity contribution in [2.75, 3.05) is 5.32 Å². The summed E-state index contributed by atoms with van der Waals surface area (Å²) in [6, 6.07) is 13.0. The summed E-state index contributed by atoms with van der Waals surface area (Å²) in [7, 11) is 0. The SMILES string of the molecule is CCc1ccc(-c2[nH]nc3c2[C@@]2(C(=O)O)C[C@@H](N3)c3cc(Cl)ccc3O2)cc1. The summed E-state index contributed by atoms with van der Waals surface area (Å²) in [4.78, 5) is 12.5. The number of aromatic amines is 1. The lowest BCUT2D eigenvalue weighted by atomic mass is 9.78. The van der Waals surface area contributed by atoms with Crippen molar-refractivity contribution in [3.8, 4) is 17.0 Å². The van der Waals surface area contributed by atoms with Crippen molar-refractivity contribution in [1.29, 1.82) is 0 Å². The van der Waals surface area contributed by atoms with Crippen LogP contribution in [0.15, 0.2) is 42.5 Å². The van der Waals surface area contributed by atoms with Crippen LogP contribution >= 0.6 is 11.6 Å². The number of carboxylic acids is 1. The number of hydrogen-bond acceptors (Lipinski definition) is 4. The van der Waals surface area contributed by atoms with Crippen LogP contribution in [0, 0.1) is 0 Å². The van der Waals surface area contributed by atoms with E-state index in [0.717, 1.165) is 17.5 Å². The number of rotatable bonds is 3. The Balaban J connectivity index is 1.69. The molecule has 28 heavy (non-hydrogen) atoms. The quantitative estimate of drug-likeness (QED) is 0.606. The molecule has 5 rings (SSSR count). The Labute approximate surface area is 166 Å². The Morgan fingerprint density at radius 1 is 1.32 bits per heavy atom. The van der Waals surface area contributed by atoms with Crippen molar-refractivity contribution in [1.82, 2.24) is 10.2 Å². The number of H-pyrrole nitrogens is 1. The molecule has 142 valence electrons. The van der Waals surface area contributed by atoms with Gasteiger partial charge in [-0.15, -0.1) is 0 Å². The van der Waals surface area contributed by atoms with E-state index in [1.165, 1.54) is 5.56 Å². The topological polar surface area (TPSA) is 87.2 Å². The number of aliphatic carboxylic acids is 1. The lowest BCUT2D eigenvalue weighted by molar-refractivity contribution is -0.159. The fraction of sp³-hybridized carbons (Fsp3) is 0.238. The number of halogens is 1. The van der Waals surface area contributed by atoms with E-state index < -0.39 is 11.6 Å². The first kappa shape index (κ1) is 17.1. The number of ether oxygens (including phenoxy) is 1. The first-order chi connectivity index (χ1) is 13.5. The number of carbonyl (C=O) groups is 1. The van der Waals surface area contributed by atoms with E-state index in [0.29, 0.717) is 27.8 Å². The number of benzene rings is 2. The van der Waals surface area contributed by atoms with Crippen molar-refractivity contribution in [3.05, 3.63) is 64.2 Å². The van der Waals surface area contributed by atoms with Crippen molar-refractivity contribution in [2.24, 2.45) is 0 Å². The van der Waals surface area contributed by atoms with Gasteiger partial charge in [-0.2, -0.15) is 5.10 Å². The van der Waals surface area contributed by atoms with Crippen LogP contribution < -0.4 is 10.1 Å². The number of nitrogens with one attached hydrogen (secondary N) is 2. The van der Waals surface area contributed by atoms with Crippen LogP contribution in [0.3, 0.4) is 0 Å². The largest absolute Gasteiger partial charge is 0.478 e. The molecular formula is C21H18ClN3O3. The highest BCUT2D eigenvalue weighted by molar-refractivity contribution is 6.30. The average Bonchev–Trinajstić information content (AvgIpc) is 3.13. The van der Waals surface area contributed by atoms with Gasteiger partial charge in [0.2, 0.25) is 5.60 Å². The molecular weight excluding hydrogens is 378 g/mol. The summed E-state index contributed by atoms with van der Waals surface area (Å²) in [6.45, 7) is 2.09. The Bertz CT molecular complexity index is 1090. The van der Waals surface area contributed by atoms with Gasteiger partial charge in [0.05, 0.1) is 17.3 Å². The summed E-state index contributed by atoms with van der Waals surface area (Å²) >= 11 is 6.14. The molecule has 3 aromatic rings. The maximum absolute atomic E-state index is 12.5. The molecule has 2 aliphatic rings. The van der Waals surface area contributed by atoms with Gasteiger partial charge in [0.1, 0.15) is 5.75 Å². The molecule has 7 heteroatoms. The zero-order chi connectivity index (χ0) is 19.5. The van der Waals surface area contributed by atoms with E-state index in [1.807, 2.05) is 30.3 Å². The van der Waals surface area contributed by atoms with Crippen LogP contribution in [-0.4, -0.2) is 21.3 Å². The fourth-order valence-corrected chi connectivity index (χ4v) is 4.33. The van der Waals surface area contributed by atoms with Crippen LogP contribution in [-0.2, 0) is 16.8 Å². The lowest BCUT2D eigenvalue weighted by Gasteiger charge is -2.43. The van der Waals surface area contributed by atoms with Gasteiger partial charge in [-0.1, -0.05) is 42.8 Å². The Morgan fingerprint density at radius 2 is 2.11 bits per heavy atom. The van der Waals surface area contributed by atoms with Crippen LogP contribution in [0.2, 0.25) is 5.02 Å². The van der Waals surface area contributed by atoms with Crippen LogP contribution in [0.25, 0.3) is 11.3 Å². The molecule has 0 saturated heterocycles. The average molecular weight is 396 g/mol. The van der Waals surface area contributed by atoms with Crippen LogP contribution in [0.5, 0.6) is 5.75 Å². The molecule has 0 amide bonds. The van der Waals surface area contributed by atoms with Gasteiger partial charge in [0.15, 0.2) is 5.82 Å². The standard InChI is InChI=1S/C21H18ClN3O3/c1-2-11-3-5-12(6-4-11)18-17-19(25-24-18)23-15-10-21(17,20(26)27)28-16-8-7-13(22)9-14(15)16/h3-9,15H,2,10H2,1H3,(H,26,27)(H2,23,24,25)/t15-,21-/m1/s1. The van der Waals surface area contributed by atoms with E-state index in [1.54, 1.807) is 12.1 Å². The number of anilines is 1. The molecule has 1 aromatic heterocycles. The Morgan fingerprint density at radius 3 is 2.82 bits per heavy atom. The number of hydrogen-bond donors (Lipinski definition) is 3. The number of fused-ring (bicyclic) bond motifs is 6. The minimum absolute atomic E-state index is 0.246. The summed E-state index contributed by atoms with van der Waals surface area (Å²) < 4.78 is 6.14. The number of nitrogens with zero attached hydrogens (tertiary/aromatic N) is 1. The molecule has 0 spiro atoms. The second kappa shape index (κ2) is 6.01. The first-order valence-electron chi connectivity index (χ1n) is 9.18. The second-order valence-corrected chi connectivity index (χ2v) is 7.63. The first-order valence-corrected chi connectivity index (χ1v) is 9.56. The Hall–Kier alpha value is -2.99. The zero-order valence-electron chi connectivity index (χ0n) is 15.1. The minimum Gasteiger partial charge on any atom is -0.478 e. The molecule has 2 bridgehead atoms. The third kappa shape index (κ3) is 2.34. The monoisotopic (exact) mass is 395 g/mol. The molecule has 0 unspecified atom stereocenters.